The number of hydrogen-bond acceptors (Lipinski definition) is 5. The summed E-state index contributed by atoms with van der Waals surface area (Å²) >= 11 is 0. The largest absolute Gasteiger partial charge is 0.497 e. The second kappa shape index (κ2) is 10.3. The lowest BCUT2D eigenvalue weighted by Crippen LogP contribution is -2.43. The van der Waals surface area contributed by atoms with Crippen molar-refractivity contribution in [3.05, 3.63) is 111 Å². The van der Waals surface area contributed by atoms with Gasteiger partial charge in [-0.3, -0.25) is 14.0 Å². The topological polar surface area (TPSA) is 103 Å². The van der Waals surface area contributed by atoms with Crippen LogP contribution in [0.4, 0.5) is 10.2 Å². The molecule has 1 amide bonds. The Kier molecular flexibility index (Phi) is 6.74. The summed E-state index contributed by atoms with van der Waals surface area (Å²) in [5.74, 6) is 0.155. The van der Waals surface area contributed by atoms with Gasteiger partial charge in [-0.15, -0.1) is 0 Å². The van der Waals surface area contributed by atoms with E-state index in [1.165, 1.54) is 22.6 Å². The summed E-state index contributed by atoms with van der Waals surface area (Å²) < 4.78 is 21.8. The van der Waals surface area contributed by atoms with Gasteiger partial charge in [0.1, 0.15) is 22.5 Å². The lowest BCUT2D eigenvalue weighted by molar-refractivity contribution is -0.649. The van der Waals surface area contributed by atoms with Crippen LogP contribution in [0.5, 0.6) is 5.75 Å². The molecular weight excluding hydrogens is 485 g/mol. The molecule has 5 aromatic rings. The minimum Gasteiger partial charge on any atom is -0.497 e. The third-order valence-corrected chi connectivity index (χ3v) is 6.53. The summed E-state index contributed by atoms with van der Waals surface area (Å²) in [6.07, 6.45) is 2.25. The Hall–Kier alpha value is -4.79. The highest BCUT2D eigenvalue weighted by molar-refractivity contribution is 6.00. The highest BCUT2D eigenvalue weighted by Gasteiger charge is 2.25. The maximum absolute atomic E-state index is 13.5. The highest BCUT2D eigenvalue weighted by atomic mass is 19.1. The number of anilines is 1. The number of methoxy groups -OCH3 is 1. The third-order valence-electron chi connectivity index (χ3n) is 6.53. The number of benzene rings is 2. The van der Waals surface area contributed by atoms with E-state index in [1.54, 1.807) is 36.1 Å². The van der Waals surface area contributed by atoms with Crippen LogP contribution in [-0.2, 0) is 13.0 Å². The number of amides is 1. The summed E-state index contributed by atoms with van der Waals surface area (Å²) in [5.41, 5.74) is 9.84. The van der Waals surface area contributed by atoms with Crippen LogP contribution in [0.25, 0.3) is 16.7 Å². The Labute approximate surface area is 218 Å². The number of aromatic nitrogens is 3. The lowest BCUT2D eigenvalue weighted by atomic mass is 10.1. The number of ether oxygens (including phenoxy) is 1. The Bertz CT molecular complexity index is 1710. The molecule has 8 nitrogen and oxygen atoms in total. The van der Waals surface area contributed by atoms with Gasteiger partial charge >= 0.3 is 0 Å². The molecule has 0 unspecified atom stereocenters. The van der Waals surface area contributed by atoms with E-state index in [0.717, 1.165) is 22.4 Å². The molecule has 0 radical (unpaired) electrons. The predicted molar refractivity (Wildman–Crippen MR) is 143 cm³/mol. The van der Waals surface area contributed by atoms with Gasteiger partial charge in [-0.2, -0.15) is 0 Å². The van der Waals surface area contributed by atoms with Crippen LogP contribution in [0, 0.1) is 12.7 Å². The zero-order chi connectivity index (χ0) is 26.8. The molecule has 0 fully saturated rings. The Morgan fingerprint density at radius 2 is 1.82 bits per heavy atom. The van der Waals surface area contributed by atoms with E-state index in [1.807, 2.05) is 37.3 Å². The number of nitrogen functional groups attached to an aromatic ring is 1. The van der Waals surface area contributed by atoms with Crippen LogP contribution in [0.3, 0.4) is 0 Å². The number of nitrogens with two attached hydrogens (primary N) is 1. The summed E-state index contributed by atoms with van der Waals surface area (Å²) in [6.45, 7) is 2.44. The fourth-order valence-corrected chi connectivity index (χ4v) is 4.43. The normalized spacial score (nSPS) is 11.1. The number of carbonyl (C=O) groups is 1. The van der Waals surface area contributed by atoms with E-state index in [-0.39, 0.29) is 34.7 Å². The van der Waals surface area contributed by atoms with Gasteiger partial charge in [0.15, 0.2) is 0 Å². The Balaban J connectivity index is 1.55. The van der Waals surface area contributed by atoms with Crippen molar-refractivity contribution < 1.29 is 18.5 Å². The minimum atomic E-state index is -0.403. The highest BCUT2D eigenvalue weighted by Crippen LogP contribution is 2.17. The van der Waals surface area contributed by atoms with E-state index in [0.29, 0.717) is 24.3 Å². The van der Waals surface area contributed by atoms with Crippen molar-refractivity contribution in [1.29, 1.82) is 0 Å². The summed E-state index contributed by atoms with van der Waals surface area (Å²) in [7, 11) is 1.61. The number of aryl methyl sites for hydroxylation is 1. The van der Waals surface area contributed by atoms with Gasteiger partial charge < -0.3 is 15.8 Å². The monoisotopic (exact) mass is 512 g/mol. The van der Waals surface area contributed by atoms with Gasteiger partial charge in [0.2, 0.25) is 11.5 Å². The molecule has 9 heteroatoms. The standard InChI is InChI=1S/C29H26FN5O3/c1-18-4-3-15-34-26(18)33-27-24(29(34)37)16-23(25(31)35(27)17-20-5-9-21(30)10-6-20)28(36)32-14-13-19-7-11-22(38-2)12-8-19/h3-12,15-16,31H,13-14,17H2,1-2H3,(H,32,36)/p+1. The predicted octanol–water partition coefficient (Wildman–Crippen LogP) is 3.19. The first-order chi connectivity index (χ1) is 18.4. The van der Waals surface area contributed by atoms with Crippen LogP contribution < -0.4 is 25.9 Å². The molecule has 0 aliphatic rings. The molecule has 2 aromatic carbocycles. The first-order valence-corrected chi connectivity index (χ1v) is 12.2. The Morgan fingerprint density at radius 1 is 1.11 bits per heavy atom. The molecule has 0 atom stereocenters. The number of rotatable bonds is 7. The average molecular weight is 513 g/mol. The minimum absolute atomic E-state index is 0.161. The first-order valence-electron chi connectivity index (χ1n) is 12.2. The fraction of sp³-hybridized carbons (Fsp3) is 0.172. The molecule has 0 spiro atoms. The van der Waals surface area contributed by atoms with Crippen molar-refractivity contribution in [3.63, 3.8) is 0 Å². The molecule has 0 aliphatic carbocycles. The van der Waals surface area contributed by atoms with E-state index in [2.05, 4.69) is 5.32 Å². The number of nitrogens with zero attached hydrogens (tertiary/aromatic N) is 3. The van der Waals surface area contributed by atoms with E-state index in [4.69, 9.17) is 15.5 Å². The maximum Gasteiger partial charge on any atom is 0.278 e. The van der Waals surface area contributed by atoms with Crippen LogP contribution in [0.15, 0.2) is 77.7 Å². The molecule has 5 rings (SSSR count). The molecule has 0 saturated heterocycles. The smallest absolute Gasteiger partial charge is 0.278 e. The Morgan fingerprint density at radius 3 is 2.53 bits per heavy atom. The van der Waals surface area contributed by atoms with Crippen LogP contribution in [-0.4, -0.2) is 28.9 Å². The number of carbonyl (C=O) groups excluding carboxylic acids is 1. The van der Waals surface area contributed by atoms with Gasteiger partial charge in [0.25, 0.3) is 17.1 Å². The van der Waals surface area contributed by atoms with Gasteiger partial charge in [0, 0.05) is 18.3 Å². The summed E-state index contributed by atoms with van der Waals surface area (Å²) in [6, 6.07) is 18.7. The molecule has 3 N–H and O–H groups in total. The average Bonchev–Trinajstić information content (AvgIpc) is 2.92. The molecule has 0 bridgehead atoms. The number of nitrogens with one attached hydrogen (secondary N) is 1. The lowest BCUT2D eigenvalue weighted by Gasteiger charge is -2.13. The van der Waals surface area contributed by atoms with Crippen molar-refractivity contribution in [2.45, 2.75) is 19.9 Å². The van der Waals surface area contributed by atoms with Crippen molar-refractivity contribution in [3.8, 4) is 5.75 Å². The first kappa shape index (κ1) is 24.9. The second-order valence-electron chi connectivity index (χ2n) is 9.05. The van der Waals surface area contributed by atoms with Gasteiger partial charge in [-0.1, -0.05) is 35.3 Å². The quantitative estimate of drug-likeness (QED) is 0.258. The number of hydrogen-bond donors (Lipinski definition) is 2. The van der Waals surface area contributed by atoms with Crippen molar-refractivity contribution >= 4 is 28.4 Å². The number of fused-ring (bicyclic) bond motifs is 2. The molecule has 3 heterocycles. The zero-order valence-electron chi connectivity index (χ0n) is 21.1. The van der Waals surface area contributed by atoms with Gasteiger partial charge in [-0.05, 0) is 60.9 Å². The van der Waals surface area contributed by atoms with Gasteiger partial charge in [0.05, 0.1) is 13.7 Å². The molecule has 38 heavy (non-hydrogen) atoms. The van der Waals surface area contributed by atoms with Crippen LogP contribution >= 0.6 is 0 Å². The van der Waals surface area contributed by atoms with E-state index < -0.39 is 5.91 Å². The number of pyridine rings is 2. The van der Waals surface area contributed by atoms with Crippen LogP contribution in [0.2, 0.25) is 0 Å². The fourth-order valence-electron chi connectivity index (χ4n) is 4.43. The summed E-state index contributed by atoms with van der Waals surface area (Å²) in [4.78, 5) is 31.5. The summed E-state index contributed by atoms with van der Waals surface area (Å²) in [5, 5.41) is 3.16. The molecular formula is C29H27FN5O3+. The number of halogens is 1. The van der Waals surface area contributed by atoms with Crippen molar-refractivity contribution in [1.82, 2.24) is 14.7 Å². The molecule has 192 valence electrons. The van der Waals surface area contributed by atoms with Crippen molar-refractivity contribution in [2.24, 2.45) is 0 Å². The van der Waals surface area contributed by atoms with E-state index in [9.17, 15) is 14.0 Å². The maximum atomic E-state index is 13.5. The van der Waals surface area contributed by atoms with E-state index >= 15 is 0 Å². The zero-order valence-corrected chi connectivity index (χ0v) is 21.1. The van der Waals surface area contributed by atoms with Crippen LogP contribution in [0.1, 0.15) is 27.0 Å². The van der Waals surface area contributed by atoms with Crippen molar-refractivity contribution in [2.75, 3.05) is 19.4 Å². The molecule has 3 aromatic heterocycles. The SMILES string of the molecule is COc1ccc(CCNC(=O)c2cc3c(=O)n4cccc(C)c4nc3[n+](Cc3ccc(F)cc3)c2N)cc1. The molecule has 0 aliphatic heterocycles. The third kappa shape index (κ3) is 4.78. The van der Waals surface area contributed by atoms with Gasteiger partial charge in [-0.25, -0.2) is 8.96 Å². The second-order valence-corrected chi connectivity index (χ2v) is 9.05. The molecule has 0 saturated carbocycles.